The van der Waals surface area contributed by atoms with E-state index in [0.29, 0.717) is 26.7 Å². The van der Waals surface area contributed by atoms with Gasteiger partial charge in [0.15, 0.2) is 5.17 Å². The van der Waals surface area contributed by atoms with E-state index in [4.69, 9.17) is 10.1 Å². The first-order valence-electron chi connectivity index (χ1n) is 11.1. The fraction of sp³-hybridized carbons (Fsp3) is 0.261. The van der Waals surface area contributed by atoms with Gasteiger partial charge in [-0.15, -0.1) is 0 Å². The summed E-state index contributed by atoms with van der Waals surface area (Å²) in [5.74, 6) is 0.179. The number of fused-ring (bicyclic) bond motifs is 2. The smallest absolute Gasteiger partial charge is 0.283 e. The topological polar surface area (TPSA) is 125 Å². The average Bonchev–Trinajstić information content (AvgIpc) is 3.45. The Kier molecular flexibility index (Phi) is 6.77. The highest BCUT2D eigenvalue weighted by Gasteiger charge is 2.37. The number of hydrogen-bond donors (Lipinski definition) is 1. The van der Waals surface area contributed by atoms with E-state index in [2.05, 4.69) is 19.5 Å². The van der Waals surface area contributed by atoms with Crippen molar-refractivity contribution in [3.05, 3.63) is 62.5 Å². The minimum absolute atomic E-state index is 0.0595. The number of amidine groups is 3. The molecule has 0 radical (unpaired) electrons. The highest BCUT2D eigenvalue weighted by atomic mass is 32.2. The largest absolute Gasteiger partial charge is 0.487 e. The maximum Gasteiger partial charge on any atom is 0.283 e. The van der Waals surface area contributed by atoms with Crippen LogP contribution in [-0.2, 0) is 17.8 Å². The van der Waals surface area contributed by atoms with Gasteiger partial charge in [-0.2, -0.15) is 19.0 Å². The first-order chi connectivity index (χ1) is 17.3. The molecule has 0 saturated heterocycles. The van der Waals surface area contributed by atoms with Gasteiger partial charge < -0.3 is 4.74 Å². The van der Waals surface area contributed by atoms with E-state index in [-0.39, 0.29) is 28.8 Å². The summed E-state index contributed by atoms with van der Waals surface area (Å²) in [4.78, 5) is 35.6. The number of rotatable bonds is 6. The quantitative estimate of drug-likeness (QED) is 0.368. The number of benzene rings is 1. The van der Waals surface area contributed by atoms with Crippen LogP contribution in [0.4, 0.5) is 0 Å². The van der Waals surface area contributed by atoms with Gasteiger partial charge in [-0.3, -0.25) is 15.0 Å². The zero-order chi connectivity index (χ0) is 25.4. The second-order valence-corrected chi connectivity index (χ2v) is 11.4. The minimum atomic E-state index is -0.466. The number of hydrogen-bond acceptors (Lipinski definition) is 10. The summed E-state index contributed by atoms with van der Waals surface area (Å²) in [6, 6.07) is 8.53. The van der Waals surface area contributed by atoms with Crippen LogP contribution >= 0.6 is 35.0 Å². The molecule has 2 aliphatic heterocycles. The Hall–Kier alpha value is -3.29. The lowest BCUT2D eigenvalue weighted by molar-refractivity contribution is -0.114. The van der Waals surface area contributed by atoms with E-state index >= 15 is 0 Å². The molecule has 0 fully saturated rings. The van der Waals surface area contributed by atoms with Gasteiger partial charge in [-0.1, -0.05) is 56.0 Å². The number of nitrogens with one attached hydrogen (secondary N) is 1. The summed E-state index contributed by atoms with van der Waals surface area (Å²) in [7, 11) is 0. The molecule has 10 nitrogen and oxygen atoms in total. The van der Waals surface area contributed by atoms with Gasteiger partial charge in [0.05, 0.1) is 23.2 Å². The minimum Gasteiger partial charge on any atom is -0.487 e. The van der Waals surface area contributed by atoms with Crippen LogP contribution in [0.5, 0.6) is 5.75 Å². The third-order valence-electron chi connectivity index (χ3n) is 5.06. The van der Waals surface area contributed by atoms with Crippen molar-refractivity contribution in [1.82, 2.24) is 19.5 Å². The maximum atomic E-state index is 12.6. The molecule has 3 aromatic rings. The van der Waals surface area contributed by atoms with E-state index in [1.807, 2.05) is 20.8 Å². The van der Waals surface area contributed by atoms with Crippen LogP contribution in [0, 0.1) is 5.41 Å². The maximum absolute atomic E-state index is 12.6. The molecule has 13 heteroatoms. The lowest BCUT2D eigenvalue weighted by Crippen LogP contribution is -2.41. The molecule has 5 rings (SSSR count). The average molecular weight is 540 g/mol. The molecule has 36 heavy (non-hydrogen) atoms. The van der Waals surface area contributed by atoms with E-state index in [9.17, 15) is 9.59 Å². The Morgan fingerprint density at radius 1 is 1.22 bits per heavy atom. The predicted octanol–water partition coefficient (Wildman–Crippen LogP) is 4.01. The molecule has 0 aliphatic carbocycles. The van der Waals surface area contributed by atoms with E-state index in [0.717, 1.165) is 28.9 Å². The molecule has 2 aromatic heterocycles. The van der Waals surface area contributed by atoms with Crippen molar-refractivity contribution in [1.29, 1.82) is 5.41 Å². The molecule has 0 saturated carbocycles. The molecular formula is C23H21N7O3S3. The van der Waals surface area contributed by atoms with E-state index in [1.165, 1.54) is 33.7 Å². The van der Waals surface area contributed by atoms with E-state index in [1.54, 1.807) is 35.2 Å². The molecule has 1 N–H and O–H groups in total. The summed E-state index contributed by atoms with van der Waals surface area (Å²) in [5.41, 5.74) is 1.21. The Balaban J connectivity index is 1.30. The molecule has 0 bridgehead atoms. The number of ether oxygens (including phenoxy) is 1. The van der Waals surface area contributed by atoms with Crippen molar-refractivity contribution in [3.63, 3.8) is 0 Å². The second-order valence-electron chi connectivity index (χ2n) is 8.06. The number of nitrogens with zero attached hydrogens (tertiary/aromatic N) is 6. The normalized spacial score (nSPS) is 16.7. The van der Waals surface area contributed by atoms with Crippen molar-refractivity contribution in [2.45, 2.75) is 39.0 Å². The zero-order valence-corrected chi connectivity index (χ0v) is 22.0. The van der Waals surface area contributed by atoms with E-state index < -0.39 is 5.91 Å². The molecule has 184 valence electrons. The first-order valence-corrected chi connectivity index (χ1v) is 13.6. The van der Waals surface area contributed by atoms with Crippen molar-refractivity contribution in [2.24, 2.45) is 9.39 Å². The number of aromatic nitrogens is 3. The van der Waals surface area contributed by atoms with Crippen LogP contribution in [-0.4, -0.2) is 46.8 Å². The molecule has 1 aromatic carbocycles. The Morgan fingerprint density at radius 3 is 2.72 bits per heavy atom. The van der Waals surface area contributed by atoms with Crippen molar-refractivity contribution in [2.75, 3.05) is 0 Å². The molecule has 0 atom stereocenters. The third kappa shape index (κ3) is 4.86. The molecule has 1 amide bonds. The van der Waals surface area contributed by atoms with Crippen LogP contribution in [0.25, 0.3) is 11.0 Å². The lowest BCUT2D eigenvalue weighted by atomic mass is 10.1. The number of aliphatic imine (C=N–C) groups is 1. The monoisotopic (exact) mass is 539 g/mol. The van der Waals surface area contributed by atoms with Crippen molar-refractivity contribution >= 4 is 68.2 Å². The number of carbonyl (C=O) groups excluding carboxylic acids is 1. The second kappa shape index (κ2) is 9.99. The SMILES string of the molecule is CCc1nn2c(=O)cc(COc3ccc(/C=C4/C(=N)N5C(=NC4=O)SN=C5SC(C)C)cc3)nc2s1. The van der Waals surface area contributed by atoms with Crippen molar-refractivity contribution < 1.29 is 9.53 Å². The fourth-order valence-electron chi connectivity index (χ4n) is 3.39. The third-order valence-corrected chi connectivity index (χ3v) is 7.88. The summed E-state index contributed by atoms with van der Waals surface area (Å²) in [6.07, 6.45) is 2.38. The highest BCUT2D eigenvalue weighted by Crippen LogP contribution is 2.33. The summed E-state index contributed by atoms with van der Waals surface area (Å²) >= 11 is 4.02. The standard InChI is InChI=1S/C23H21N7O3S3/c1-4-17-27-30-18(31)10-14(25-22(30)35-17)11-33-15-7-5-13(6-8-15)9-16-19(24)29-21(26-20(16)32)36-28-23(29)34-12(2)3/h5-10,12,24H,4,11H2,1-3H3/b16-9-,24-19?. The van der Waals surface area contributed by atoms with Crippen molar-refractivity contribution in [3.8, 4) is 5.75 Å². The van der Waals surface area contributed by atoms with Gasteiger partial charge in [0, 0.05) is 11.3 Å². The van der Waals surface area contributed by atoms with Gasteiger partial charge in [-0.25, -0.2) is 9.88 Å². The van der Waals surface area contributed by atoms with Gasteiger partial charge in [0.25, 0.3) is 11.5 Å². The number of aryl methyl sites for hydroxylation is 1. The summed E-state index contributed by atoms with van der Waals surface area (Å²) in [6.45, 7) is 6.20. The number of thioether (sulfide) groups is 1. The van der Waals surface area contributed by atoms with Crippen LogP contribution in [0.3, 0.4) is 0 Å². The van der Waals surface area contributed by atoms with Crippen LogP contribution < -0.4 is 10.3 Å². The fourth-order valence-corrected chi connectivity index (χ4v) is 5.91. The van der Waals surface area contributed by atoms with Gasteiger partial charge in [0.1, 0.15) is 23.2 Å². The predicted molar refractivity (Wildman–Crippen MR) is 145 cm³/mol. The molecule has 2 aliphatic rings. The zero-order valence-electron chi connectivity index (χ0n) is 19.6. The number of carbonyl (C=O) groups is 1. The van der Waals surface area contributed by atoms with Gasteiger partial charge in [0.2, 0.25) is 10.1 Å². The Labute approximate surface area is 218 Å². The number of amides is 1. The van der Waals surface area contributed by atoms with Crippen LogP contribution in [0.1, 0.15) is 37.0 Å². The van der Waals surface area contributed by atoms with Gasteiger partial charge in [-0.05, 0) is 30.2 Å². The van der Waals surface area contributed by atoms with Gasteiger partial charge >= 0.3 is 0 Å². The first kappa shape index (κ1) is 24.4. The summed E-state index contributed by atoms with van der Waals surface area (Å²) < 4.78 is 11.5. The Bertz CT molecular complexity index is 1520. The lowest BCUT2D eigenvalue weighted by Gasteiger charge is -2.25. The van der Waals surface area contributed by atoms with Crippen LogP contribution in [0.15, 0.2) is 50.1 Å². The Morgan fingerprint density at radius 2 is 2.00 bits per heavy atom. The molecule has 0 unspecified atom stereocenters. The van der Waals surface area contributed by atoms with Crippen LogP contribution in [0.2, 0.25) is 0 Å². The highest BCUT2D eigenvalue weighted by molar-refractivity contribution is 8.19. The summed E-state index contributed by atoms with van der Waals surface area (Å²) in [5, 5.41) is 15.0. The molecule has 0 spiro atoms. The molecule has 4 heterocycles. The molecular weight excluding hydrogens is 519 g/mol.